The van der Waals surface area contributed by atoms with E-state index in [1.54, 1.807) is 48.5 Å². The molecule has 1 aliphatic heterocycles. The molecule has 1 amide bonds. The molecule has 3 aromatic carbocycles. The number of sulfonamides is 1. The summed E-state index contributed by atoms with van der Waals surface area (Å²) in [5.74, 6) is -0.264. The molecule has 0 radical (unpaired) electrons. The van der Waals surface area contributed by atoms with Gasteiger partial charge in [-0.2, -0.15) is 5.26 Å². The van der Waals surface area contributed by atoms with E-state index < -0.39 is 16.1 Å². The van der Waals surface area contributed by atoms with E-state index in [1.165, 1.54) is 6.07 Å². The Kier molecular flexibility index (Phi) is 4.35. The van der Waals surface area contributed by atoms with E-state index >= 15 is 0 Å². The smallest absolute Gasteiger partial charge is 0.256 e. The van der Waals surface area contributed by atoms with Gasteiger partial charge in [0.25, 0.3) is 5.91 Å². The number of carbonyl (C=O) groups is 1. The number of aliphatic hydroxyl groups is 1. The normalized spacial score (nSPS) is 13.9. The van der Waals surface area contributed by atoms with Gasteiger partial charge in [0.1, 0.15) is 0 Å². The molecule has 3 aromatic rings. The van der Waals surface area contributed by atoms with Crippen molar-refractivity contribution < 1.29 is 18.3 Å². The Morgan fingerprint density at radius 2 is 1.86 bits per heavy atom. The molecule has 0 aromatic heterocycles. The Labute approximate surface area is 161 Å². The second-order valence-corrected chi connectivity index (χ2v) is 8.13. The molecule has 1 aliphatic rings. The number of benzene rings is 3. The second-order valence-electron chi connectivity index (χ2n) is 6.40. The van der Waals surface area contributed by atoms with Crippen molar-refractivity contribution in [2.75, 3.05) is 11.9 Å². The van der Waals surface area contributed by atoms with Gasteiger partial charge in [-0.25, -0.2) is 13.1 Å². The highest BCUT2D eigenvalue weighted by atomic mass is 32.2. The lowest BCUT2D eigenvalue weighted by Crippen LogP contribution is -2.28. The molecule has 0 spiro atoms. The predicted octanol–water partition coefficient (Wildman–Crippen LogP) is 2.29. The van der Waals surface area contributed by atoms with Crippen LogP contribution in [0.4, 0.5) is 5.69 Å². The van der Waals surface area contributed by atoms with Crippen molar-refractivity contribution in [3.8, 4) is 6.07 Å². The SMILES string of the molecule is N#Cc1ccc(C(O)CNS(=O)(=O)c2ccc3c4c(cccc24)C(=O)N3)cc1. The average Bonchev–Trinajstić information content (AvgIpc) is 3.04. The fraction of sp³-hybridized carbons (Fsp3) is 0.100. The number of hydrogen-bond acceptors (Lipinski definition) is 5. The molecule has 8 heteroatoms. The molecule has 0 bridgehead atoms. The Hall–Kier alpha value is -3.25. The van der Waals surface area contributed by atoms with Crippen molar-refractivity contribution >= 4 is 32.4 Å². The summed E-state index contributed by atoms with van der Waals surface area (Å²) in [6.07, 6.45) is -1.07. The fourth-order valence-electron chi connectivity index (χ4n) is 3.26. The number of anilines is 1. The number of nitrogens with one attached hydrogen (secondary N) is 2. The van der Waals surface area contributed by atoms with Crippen molar-refractivity contribution in [1.82, 2.24) is 4.72 Å². The van der Waals surface area contributed by atoms with Crippen molar-refractivity contribution in [3.05, 3.63) is 71.3 Å². The Bertz CT molecular complexity index is 1240. The molecule has 0 saturated carbocycles. The van der Waals surface area contributed by atoms with E-state index in [1.807, 2.05) is 6.07 Å². The maximum atomic E-state index is 12.8. The minimum Gasteiger partial charge on any atom is -0.387 e. The molecule has 0 aliphatic carbocycles. The van der Waals surface area contributed by atoms with Crippen LogP contribution < -0.4 is 10.0 Å². The van der Waals surface area contributed by atoms with Crippen molar-refractivity contribution in [2.45, 2.75) is 11.0 Å². The van der Waals surface area contributed by atoms with Gasteiger partial charge in [-0.05, 0) is 35.9 Å². The summed E-state index contributed by atoms with van der Waals surface area (Å²) in [6.45, 7) is -0.228. The highest BCUT2D eigenvalue weighted by Gasteiger charge is 2.26. The quantitative estimate of drug-likeness (QED) is 0.614. The lowest BCUT2D eigenvalue weighted by molar-refractivity contribution is 0.103. The van der Waals surface area contributed by atoms with Gasteiger partial charge in [-0.3, -0.25) is 4.79 Å². The summed E-state index contributed by atoms with van der Waals surface area (Å²) in [7, 11) is -3.93. The lowest BCUT2D eigenvalue weighted by Gasteiger charge is -2.14. The van der Waals surface area contributed by atoms with Gasteiger partial charge in [-0.15, -0.1) is 0 Å². The summed E-state index contributed by atoms with van der Waals surface area (Å²) >= 11 is 0. The summed E-state index contributed by atoms with van der Waals surface area (Å²) in [4.78, 5) is 12.0. The van der Waals surface area contributed by atoms with Crippen LogP contribution in [0.25, 0.3) is 10.8 Å². The number of nitrogens with zero attached hydrogens (tertiary/aromatic N) is 1. The van der Waals surface area contributed by atoms with Crippen LogP contribution in [0.1, 0.15) is 27.6 Å². The number of carbonyl (C=O) groups excluding carboxylic acids is 1. The largest absolute Gasteiger partial charge is 0.387 e. The highest BCUT2D eigenvalue weighted by Crippen LogP contribution is 2.36. The number of hydrogen-bond donors (Lipinski definition) is 3. The van der Waals surface area contributed by atoms with Crippen molar-refractivity contribution in [3.63, 3.8) is 0 Å². The fourth-order valence-corrected chi connectivity index (χ4v) is 4.50. The Morgan fingerprint density at radius 1 is 1.11 bits per heavy atom. The van der Waals surface area contributed by atoms with Gasteiger partial charge < -0.3 is 10.4 Å². The van der Waals surface area contributed by atoms with Gasteiger partial charge in [0.15, 0.2) is 0 Å². The topological polar surface area (TPSA) is 119 Å². The van der Waals surface area contributed by atoms with Crippen molar-refractivity contribution in [1.29, 1.82) is 5.26 Å². The average molecular weight is 393 g/mol. The third-order valence-corrected chi connectivity index (χ3v) is 6.16. The van der Waals surface area contributed by atoms with Crippen LogP contribution in [-0.2, 0) is 10.0 Å². The zero-order valence-electron chi connectivity index (χ0n) is 14.5. The molecule has 1 heterocycles. The zero-order chi connectivity index (χ0) is 19.9. The highest BCUT2D eigenvalue weighted by molar-refractivity contribution is 7.89. The summed E-state index contributed by atoms with van der Waals surface area (Å²) in [6, 6.07) is 16.2. The first-order valence-electron chi connectivity index (χ1n) is 8.45. The number of rotatable bonds is 5. The minimum absolute atomic E-state index is 0.0385. The van der Waals surface area contributed by atoms with E-state index in [0.29, 0.717) is 33.2 Å². The summed E-state index contributed by atoms with van der Waals surface area (Å²) in [5.41, 5.74) is 1.96. The maximum absolute atomic E-state index is 12.8. The molecular formula is C20H15N3O4S. The van der Waals surface area contributed by atoms with Crippen LogP contribution in [0.15, 0.2) is 59.5 Å². The lowest BCUT2D eigenvalue weighted by atomic mass is 10.1. The van der Waals surface area contributed by atoms with E-state index in [2.05, 4.69) is 10.0 Å². The van der Waals surface area contributed by atoms with Crippen LogP contribution in [0.2, 0.25) is 0 Å². The number of amides is 1. The molecule has 0 saturated heterocycles. The molecule has 1 atom stereocenters. The van der Waals surface area contributed by atoms with Crippen LogP contribution in [0.3, 0.4) is 0 Å². The molecule has 28 heavy (non-hydrogen) atoms. The number of aliphatic hydroxyl groups excluding tert-OH is 1. The summed E-state index contributed by atoms with van der Waals surface area (Å²) in [5, 5.41) is 22.8. The monoisotopic (exact) mass is 393 g/mol. The van der Waals surface area contributed by atoms with Crippen LogP contribution in [-0.4, -0.2) is 26.0 Å². The standard InChI is InChI=1S/C20H15N3O4S/c21-10-12-4-6-13(7-5-12)17(24)11-22-28(26,27)18-9-8-16-19-14(18)2-1-3-15(19)20(25)23-16/h1-9,17,22,24H,11H2,(H,23,25). The molecule has 0 fully saturated rings. The molecule has 1 unspecified atom stereocenters. The Morgan fingerprint density at radius 3 is 2.57 bits per heavy atom. The van der Waals surface area contributed by atoms with Gasteiger partial charge in [-0.1, -0.05) is 24.3 Å². The van der Waals surface area contributed by atoms with E-state index in [4.69, 9.17) is 5.26 Å². The molecule has 4 rings (SSSR count). The van der Waals surface area contributed by atoms with Crippen LogP contribution in [0, 0.1) is 11.3 Å². The van der Waals surface area contributed by atoms with Crippen LogP contribution >= 0.6 is 0 Å². The maximum Gasteiger partial charge on any atom is 0.256 e. The first-order chi connectivity index (χ1) is 13.4. The number of nitriles is 1. The first kappa shape index (κ1) is 18.1. The first-order valence-corrected chi connectivity index (χ1v) is 9.94. The molecule has 3 N–H and O–H groups in total. The van der Waals surface area contributed by atoms with Gasteiger partial charge in [0, 0.05) is 28.6 Å². The predicted molar refractivity (Wildman–Crippen MR) is 103 cm³/mol. The summed E-state index contributed by atoms with van der Waals surface area (Å²) < 4.78 is 28.1. The zero-order valence-corrected chi connectivity index (χ0v) is 15.3. The van der Waals surface area contributed by atoms with Crippen LogP contribution in [0.5, 0.6) is 0 Å². The molecule has 140 valence electrons. The second kappa shape index (κ2) is 6.73. The van der Waals surface area contributed by atoms with E-state index in [9.17, 15) is 18.3 Å². The molecule has 7 nitrogen and oxygen atoms in total. The molecular weight excluding hydrogens is 378 g/mol. The van der Waals surface area contributed by atoms with E-state index in [-0.39, 0.29) is 17.3 Å². The van der Waals surface area contributed by atoms with E-state index in [0.717, 1.165) is 0 Å². The van der Waals surface area contributed by atoms with Crippen molar-refractivity contribution in [2.24, 2.45) is 0 Å². The van der Waals surface area contributed by atoms with Gasteiger partial charge in [0.05, 0.1) is 22.6 Å². The Balaban J connectivity index is 1.62. The van der Waals surface area contributed by atoms with Gasteiger partial charge >= 0.3 is 0 Å². The third kappa shape index (κ3) is 3.01. The third-order valence-electron chi connectivity index (χ3n) is 4.67. The minimum atomic E-state index is -3.93. The van der Waals surface area contributed by atoms with Gasteiger partial charge in [0.2, 0.25) is 10.0 Å².